The minimum atomic E-state index is -0.181. The predicted molar refractivity (Wildman–Crippen MR) is 79.9 cm³/mol. The second-order valence-corrected chi connectivity index (χ2v) is 5.41. The Kier molecular flexibility index (Phi) is 3.69. The summed E-state index contributed by atoms with van der Waals surface area (Å²) in [4.78, 5) is 13.3. The molecule has 0 saturated heterocycles. The maximum Gasteiger partial charge on any atom is 0.271 e. The van der Waals surface area contributed by atoms with Crippen molar-refractivity contribution in [1.29, 1.82) is 0 Å². The van der Waals surface area contributed by atoms with E-state index in [0.717, 1.165) is 17.3 Å². The first-order valence-corrected chi connectivity index (χ1v) is 7.24. The van der Waals surface area contributed by atoms with Gasteiger partial charge in [0.15, 0.2) is 5.69 Å². The van der Waals surface area contributed by atoms with Crippen LogP contribution in [0.3, 0.4) is 0 Å². The molecule has 0 radical (unpaired) electrons. The third-order valence-corrected chi connectivity index (χ3v) is 3.90. The Labute approximate surface area is 120 Å². The molecule has 0 unspecified atom stereocenters. The number of rotatable bonds is 4. The Morgan fingerprint density at radius 1 is 1.15 bits per heavy atom. The van der Waals surface area contributed by atoms with Crippen LogP contribution in [0.5, 0.6) is 0 Å². The summed E-state index contributed by atoms with van der Waals surface area (Å²) >= 11 is 1.69. The molecule has 0 aliphatic rings. The van der Waals surface area contributed by atoms with E-state index in [1.54, 1.807) is 17.4 Å². The van der Waals surface area contributed by atoms with Gasteiger partial charge in [0.2, 0.25) is 0 Å². The number of aromatic nitrogens is 2. The lowest BCUT2D eigenvalue weighted by atomic mass is 10.2. The fourth-order valence-electron chi connectivity index (χ4n) is 1.94. The van der Waals surface area contributed by atoms with Crippen LogP contribution in [0.15, 0.2) is 47.8 Å². The first kappa shape index (κ1) is 12.7. The lowest BCUT2D eigenvalue weighted by Crippen LogP contribution is -2.26. The molecule has 20 heavy (non-hydrogen) atoms. The molecule has 0 aliphatic carbocycles. The van der Waals surface area contributed by atoms with Gasteiger partial charge in [-0.1, -0.05) is 24.3 Å². The Bertz CT molecular complexity index is 725. The van der Waals surface area contributed by atoms with Crippen LogP contribution in [0.25, 0.3) is 10.9 Å². The molecular weight excluding hydrogens is 270 g/mol. The van der Waals surface area contributed by atoms with Gasteiger partial charge >= 0.3 is 0 Å². The normalized spacial score (nSPS) is 10.6. The van der Waals surface area contributed by atoms with Crippen LogP contribution in [-0.2, 0) is 6.42 Å². The van der Waals surface area contributed by atoms with Crippen molar-refractivity contribution < 1.29 is 4.79 Å². The number of benzene rings is 1. The highest BCUT2D eigenvalue weighted by Crippen LogP contribution is 2.11. The second-order valence-electron chi connectivity index (χ2n) is 4.37. The average molecular weight is 283 g/mol. The van der Waals surface area contributed by atoms with Crippen molar-refractivity contribution >= 4 is 28.1 Å². The van der Waals surface area contributed by atoms with Crippen molar-refractivity contribution in [2.24, 2.45) is 0 Å². The molecule has 1 aromatic carbocycles. The summed E-state index contributed by atoms with van der Waals surface area (Å²) in [6, 6.07) is 13.5. The summed E-state index contributed by atoms with van der Waals surface area (Å²) < 4.78 is 0. The predicted octanol–water partition coefficient (Wildman–Crippen LogP) is 2.66. The van der Waals surface area contributed by atoms with Crippen LogP contribution in [-0.4, -0.2) is 22.6 Å². The average Bonchev–Trinajstić information content (AvgIpc) is 3.00. The number of carbonyl (C=O) groups excluding carboxylic acids is 1. The van der Waals surface area contributed by atoms with Gasteiger partial charge in [0.05, 0.1) is 5.52 Å². The van der Waals surface area contributed by atoms with Gasteiger partial charge in [-0.05, 0) is 30.0 Å². The molecular formula is C15H13N3OS. The van der Waals surface area contributed by atoms with E-state index in [0.29, 0.717) is 12.2 Å². The molecule has 0 spiro atoms. The lowest BCUT2D eigenvalue weighted by Gasteiger charge is -2.04. The van der Waals surface area contributed by atoms with E-state index in [4.69, 9.17) is 0 Å². The monoisotopic (exact) mass is 283 g/mol. The third-order valence-electron chi connectivity index (χ3n) is 2.96. The van der Waals surface area contributed by atoms with Gasteiger partial charge in [0.1, 0.15) is 0 Å². The van der Waals surface area contributed by atoms with Gasteiger partial charge in [-0.25, -0.2) is 0 Å². The van der Waals surface area contributed by atoms with Gasteiger partial charge in [-0.15, -0.1) is 21.5 Å². The van der Waals surface area contributed by atoms with E-state index in [1.807, 2.05) is 35.7 Å². The number of hydrogen-bond acceptors (Lipinski definition) is 4. The standard InChI is InChI=1S/C15H13N3OS/c19-15(16-8-7-12-5-3-9-20-12)14-10-11-4-1-2-6-13(11)17-18-14/h1-6,9-10H,7-8H2,(H,16,19). The zero-order chi connectivity index (χ0) is 13.8. The molecule has 0 saturated carbocycles. The molecule has 1 amide bonds. The van der Waals surface area contributed by atoms with Gasteiger partial charge in [-0.2, -0.15) is 0 Å². The summed E-state index contributed by atoms with van der Waals surface area (Å²) in [6.07, 6.45) is 0.838. The fourth-order valence-corrected chi connectivity index (χ4v) is 2.65. The minimum absolute atomic E-state index is 0.181. The van der Waals surface area contributed by atoms with Crippen molar-refractivity contribution in [3.05, 3.63) is 58.4 Å². The molecule has 0 bridgehead atoms. The van der Waals surface area contributed by atoms with Crippen LogP contribution in [0.1, 0.15) is 15.4 Å². The zero-order valence-corrected chi connectivity index (χ0v) is 11.6. The zero-order valence-electron chi connectivity index (χ0n) is 10.7. The van der Waals surface area contributed by atoms with Gasteiger partial charge in [-0.3, -0.25) is 4.79 Å². The molecule has 2 aromatic heterocycles. The summed E-state index contributed by atoms with van der Waals surface area (Å²) in [7, 11) is 0. The summed E-state index contributed by atoms with van der Waals surface area (Å²) in [5.74, 6) is -0.181. The van der Waals surface area contributed by atoms with Gasteiger partial charge in [0.25, 0.3) is 5.91 Å². The maximum atomic E-state index is 12.0. The first-order chi connectivity index (χ1) is 9.83. The lowest BCUT2D eigenvalue weighted by molar-refractivity contribution is 0.0948. The number of thiophene rings is 1. The Morgan fingerprint density at radius 2 is 2.05 bits per heavy atom. The molecule has 1 N–H and O–H groups in total. The first-order valence-electron chi connectivity index (χ1n) is 6.36. The minimum Gasteiger partial charge on any atom is -0.350 e. The summed E-state index contributed by atoms with van der Waals surface area (Å²) in [5.41, 5.74) is 1.15. The Morgan fingerprint density at radius 3 is 2.90 bits per heavy atom. The smallest absolute Gasteiger partial charge is 0.271 e. The second kappa shape index (κ2) is 5.79. The fraction of sp³-hybridized carbons (Fsp3) is 0.133. The molecule has 3 rings (SSSR count). The summed E-state index contributed by atoms with van der Waals surface area (Å²) in [5, 5.41) is 13.8. The van der Waals surface area contributed by atoms with E-state index < -0.39 is 0 Å². The Hall–Kier alpha value is -2.27. The topological polar surface area (TPSA) is 54.9 Å². The Balaban J connectivity index is 1.66. The van der Waals surface area contributed by atoms with Crippen molar-refractivity contribution in [1.82, 2.24) is 15.5 Å². The van der Waals surface area contributed by atoms with Gasteiger partial charge < -0.3 is 5.32 Å². The van der Waals surface area contributed by atoms with Crippen LogP contribution in [0, 0.1) is 0 Å². The number of nitrogens with zero attached hydrogens (tertiary/aromatic N) is 2. The summed E-state index contributed by atoms with van der Waals surface area (Å²) in [6.45, 7) is 0.605. The van der Waals surface area contributed by atoms with E-state index in [9.17, 15) is 4.79 Å². The molecule has 0 aliphatic heterocycles. The van der Waals surface area contributed by atoms with E-state index in [-0.39, 0.29) is 5.91 Å². The SMILES string of the molecule is O=C(NCCc1cccs1)c1cc2ccccc2nn1. The molecule has 3 aromatic rings. The molecule has 100 valence electrons. The quantitative estimate of drug-likeness (QED) is 0.801. The van der Waals surface area contributed by atoms with Crippen LogP contribution in [0.4, 0.5) is 0 Å². The third kappa shape index (κ3) is 2.83. The highest BCUT2D eigenvalue weighted by molar-refractivity contribution is 7.09. The number of carbonyl (C=O) groups is 1. The van der Waals surface area contributed by atoms with E-state index in [1.165, 1.54) is 4.88 Å². The number of hydrogen-bond donors (Lipinski definition) is 1. The molecule has 4 nitrogen and oxygen atoms in total. The molecule has 2 heterocycles. The van der Waals surface area contributed by atoms with Crippen LogP contribution < -0.4 is 5.32 Å². The van der Waals surface area contributed by atoms with Crippen LogP contribution in [0.2, 0.25) is 0 Å². The van der Waals surface area contributed by atoms with E-state index in [2.05, 4.69) is 21.6 Å². The highest BCUT2D eigenvalue weighted by Gasteiger charge is 2.08. The van der Waals surface area contributed by atoms with Crippen molar-refractivity contribution in [2.75, 3.05) is 6.54 Å². The number of fused-ring (bicyclic) bond motifs is 1. The number of amides is 1. The molecule has 0 fully saturated rings. The van der Waals surface area contributed by atoms with Crippen molar-refractivity contribution in [2.45, 2.75) is 6.42 Å². The largest absolute Gasteiger partial charge is 0.350 e. The highest BCUT2D eigenvalue weighted by atomic mass is 32.1. The van der Waals surface area contributed by atoms with Gasteiger partial charge in [0, 0.05) is 16.8 Å². The van der Waals surface area contributed by atoms with E-state index >= 15 is 0 Å². The molecule has 5 heteroatoms. The number of nitrogens with one attached hydrogen (secondary N) is 1. The van der Waals surface area contributed by atoms with Crippen molar-refractivity contribution in [3.8, 4) is 0 Å². The van der Waals surface area contributed by atoms with Crippen molar-refractivity contribution in [3.63, 3.8) is 0 Å². The maximum absolute atomic E-state index is 12.0. The molecule has 0 atom stereocenters. The van der Waals surface area contributed by atoms with Crippen LogP contribution >= 0.6 is 11.3 Å².